The molecule has 2 aromatic rings. The number of hydrogen-bond donors (Lipinski definition) is 1. The highest BCUT2D eigenvalue weighted by atomic mass is 16.2. The Labute approximate surface area is 131 Å². The van der Waals surface area contributed by atoms with Crippen LogP contribution in [0, 0.1) is 13.8 Å². The second-order valence-corrected chi connectivity index (χ2v) is 6.04. The van der Waals surface area contributed by atoms with Crippen LogP contribution in [0.1, 0.15) is 35.2 Å². The number of carbonyl (C=O) groups is 1. The zero-order chi connectivity index (χ0) is 15.9. The summed E-state index contributed by atoms with van der Waals surface area (Å²) in [7, 11) is 0. The van der Waals surface area contributed by atoms with E-state index in [4.69, 9.17) is 5.73 Å². The van der Waals surface area contributed by atoms with Crippen molar-refractivity contribution in [3.05, 3.63) is 64.7 Å². The average molecular weight is 294 g/mol. The van der Waals surface area contributed by atoms with Gasteiger partial charge in [0.2, 0.25) is 5.91 Å². The number of hydrogen-bond acceptors (Lipinski definition) is 2. The molecule has 1 heterocycles. The van der Waals surface area contributed by atoms with Gasteiger partial charge in [-0.1, -0.05) is 37.3 Å². The van der Waals surface area contributed by atoms with Crippen LogP contribution in [0.15, 0.2) is 42.5 Å². The third-order valence-electron chi connectivity index (χ3n) is 4.64. The van der Waals surface area contributed by atoms with Crippen molar-refractivity contribution in [2.75, 3.05) is 4.90 Å². The van der Waals surface area contributed by atoms with E-state index in [9.17, 15) is 4.79 Å². The maximum absolute atomic E-state index is 12.3. The Hall–Kier alpha value is -2.13. The number of aryl methyl sites for hydroxylation is 3. The van der Waals surface area contributed by atoms with Crippen LogP contribution in [0.4, 0.5) is 5.69 Å². The molecule has 0 radical (unpaired) electrons. The molecule has 1 amide bonds. The maximum atomic E-state index is 12.3. The van der Waals surface area contributed by atoms with E-state index >= 15 is 0 Å². The number of amides is 1. The molecule has 0 unspecified atom stereocenters. The van der Waals surface area contributed by atoms with Crippen LogP contribution in [-0.4, -0.2) is 11.9 Å². The maximum Gasteiger partial charge on any atom is 0.247 e. The smallest absolute Gasteiger partial charge is 0.247 e. The minimum absolute atomic E-state index is 0.00665. The van der Waals surface area contributed by atoms with E-state index < -0.39 is 6.04 Å². The third kappa shape index (κ3) is 2.32. The first kappa shape index (κ1) is 14.8. The first-order valence-corrected chi connectivity index (χ1v) is 7.77. The minimum Gasteiger partial charge on any atom is -0.318 e. The van der Waals surface area contributed by atoms with Gasteiger partial charge in [0.05, 0.1) is 6.04 Å². The van der Waals surface area contributed by atoms with E-state index in [1.54, 1.807) is 0 Å². The molecule has 2 aromatic carbocycles. The molecule has 1 saturated heterocycles. The van der Waals surface area contributed by atoms with Crippen LogP contribution < -0.4 is 10.6 Å². The number of rotatable bonds is 3. The first-order valence-electron chi connectivity index (χ1n) is 7.77. The first-order chi connectivity index (χ1) is 10.5. The Bertz CT molecular complexity index is 706. The molecule has 0 spiro atoms. The third-order valence-corrected chi connectivity index (χ3v) is 4.64. The number of carbonyl (C=O) groups excluding carboxylic acids is 1. The van der Waals surface area contributed by atoms with Gasteiger partial charge in [0, 0.05) is 5.69 Å². The van der Waals surface area contributed by atoms with Crippen LogP contribution in [0.25, 0.3) is 0 Å². The standard InChI is InChI=1S/C19H22N2O/c1-4-14-6-8-15(9-7-14)18-17(20)19(22)21(18)16-10-5-12(2)13(3)11-16/h5-11,17-18H,4,20H2,1-3H3/t17-,18-/m1/s1. The Kier molecular flexibility index (Phi) is 3.75. The number of benzene rings is 2. The fraction of sp³-hybridized carbons (Fsp3) is 0.316. The lowest BCUT2D eigenvalue weighted by atomic mass is 9.87. The van der Waals surface area contributed by atoms with Crippen molar-refractivity contribution in [2.45, 2.75) is 39.3 Å². The summed E-state index contributed by atoms with van der Waals surface area (Å²) in [6.07, 6.45) is 1.01. The minimum atomic E-state index is -0.450. The van der Waals surface area contributed by atoms with Gasteiger partial charge < -0.3 is 10.6 Å². The lowest BCUT2D eigenvalue weighted by molar-refractivity contribution is -0.126. The topological polar surface area (TPSA) is 46.3 Å². The fourth-order valence-electron chi connectivity index (χ4n) is 2.98. The second kappa shape index (κ2) is 5.58. The largest absolute Gasteiger partial charge is 0.318 e. The predicted octanol–water partition coefficient (Wildman–Crippen LogP) is 3.28. The lowest BCUT2D eigenvalue weighted by Gasteiger charge is -2.45. The van der Waals surface area contributed by atoms with Gasteiger partial charge in [-0.3, -0.25) is 4.79 Å². The summed E-state index contributed by atoms with van der Waals surface area (Å²) >= 11 is 0. The molecule has 22 heavy (non-hydrogen) atoms. The van der Waals surface area contributed by atoms with Crippen molar-refractivity contribution in [3.8, 4) is 0 Å². The summed E-state index contributed by atoms with van der Waals surface area (Å²) in [5.74, 6) is -0.00665. The fourth-order valence-corrected chi connectivity index (χ4v) is 2.98. The van der Waals surface area contributed by atoms with Gasteiger partial charge in [-0.2, -0.15) is 0 Å². The summed E-state index contributed by atoms with van der Waals surface area (Å²) in [5, 5.41) is 0. The number of β-lactam (4-membered cyclic amide) rings is 1. The van der Waals surface area contributed by atoms with E-state index in [-0.39, 0.29) is 11.9 Å². The summed E-state index contributed by atoms with van der Waals surface area (Å²) < 4.78 is 0. The summed E-state index contributed by atoms with van der Waals surface area (Å²) in [5.41, 5.74) is 11.8. The predicted molar refractivity (Wildman–Crippen MR) is 89.9 cm³/mol. The molecule has 0 aromatic heterocycles. The average Bonchev–Trinajstić information content (AvgIpc) is 2.54. The molecular weight excluding hydrogens is 272 g/mol. The van der Waals surface area contributed by atoms with Gasteiger partial charge in [0.1, 0.15) is 6.04 Å². The van der Waals surface area contributed by atoms with Gasteiger partial charge in [-0.25, -0.2) is 0 Å². The number of anilines is 1. The lowest BCUT2D eigenvalue weighted by Crippen LogP contribution is -2.63. The van der Waals surface area contributed by atoms with Crippen LogP contribution in [-0.2, 0) is 11.2 Å². The van der Waals surface area contributed by atoms with Crippen molar-refractivity contribution < 1.29 is 4.79 Å². The molecule has 1 fully saturated rings. The Morgan fingerprint density at radius 1 is 1.05 bits per heavy atom. The van der Waals surface area contributed by atoms with Crippen molar-refractivity contribution in [3.63, 3.8) is 0 Å². The van der Waals surface area contributed by atoms with Gasteiger partial charge in [0.15, 0.2) is 0 Å². The van der Waals surface area contributed by atoms with E-state index in [1.807, 2.05) is 11.0 Å². The molecule has 1 aliphatic heterocycles. The van der Waals surface area contributed by atoms with Crippen LogP contribution >= 0.6 is 0 Å². The molecule has 2 atom stereocenters. The van der Waals surface area contributed by atoms with E-state index in [0.717, 1.165) is 17.7 Å². The van der Waals surface area contributed by atoms with Gasteiger partial charge in [-0.05, 0) is 54.7 Å². The summed E-state index contributed by atoms with van der Waals surface area (Å²) in [6, 6.07) is 14.0. The van der Waals surface area contributed by atoms with Crippen molar-refractivity contribution in [1.82, 2.24) is 0 Å². The molecule has 3 rings (SSSR count). The highest BCUT2D eigenvalue weighted by Crippen LogP contribution is 2.38. The van der Waals surface area contributed by atoms with Gasteiger partial charge in [-0.15, -0.1) is 0 Å². The molecule has 0 aliphatic carbocycles. The molecule has 0 bridgehead atoms. The Morgan fingerprint density at radius 3 is 2.32 bits per heavy atom. The molecule has 3 nitrogen and oxygen atoms in total. The quantitative estimate of drug-likeness (QED) is 0.883. The van der Waals surface area contributed by atoms with E-state index in [1.165, 1.54) is 16.7 Å². The zero-order valence-electron chi connectivity index (χ0n) is 13.3. The Morgan fingerprint density at radius 2 is 1.73 bits per heavy atom. The monoisotopic (exact) mass is 294 g/mol. The second-order valence-electron chi connectivity index (χ2n) is 6.04. The van der Waals surface area contributed by atoms with E-state index in [2.05, 4.69) is 57.2 Å². The summed E-state index contributed by atoms with van der Waals surface area (Å²) in [6.45, 7) is 6.27. The van der Waals surface area contributed by atoms with Crippen LogP contribution in [0.2, 0.25) is 0 Å². The Balaban J connectivity index is 1.95. The van der Waals surface area contributed by atoms with Crippen molar-refractivity contribution in [1.29, 1.82) is 0 Å². The van der Waals surface area contributed by atoms with E-state index in [0.29, 0.717) is 0 Å². The number of nitrogens with two attached hydrogens (primary N) is 1. The SMILES string of the molecule is CCc1ccc([C@@H]2[C@@H](N)C(=O)N2c2ccc(C)c(C)c2)cc1. The van der Waals surface area contributed by atoms with Gasteiger partial charge >= 0.3 is 0 Å². The van der Waals surface area contributed by atoms with Crippen molar-refractivity contribution >= 4 is 11.6 Å². The molecule has 0 saturated carbocycles. The van der Waals surface area contributed by atoms with Gasteiger partial charge in [0.25, 0.3) is 0 Å². The molecule has 1 aliphatic rings. The normalized spacial score (nSPS) is 20.9. The molecule has 114 valence electrons. The molecular formula is C19H22N2O. The van der Waals surface area contributed by atoms with Crippen LogP contribution in [0.3, 0.4) is 0 Å². The zero-order valence-corrected chi connectivity index (χ0v) is 13.3. The summed E-state index contributed by atoms with van der Waals surface area (Å²) in [4.78, 5) is 14.1. The van der Waals surface area contributed by atoms with Crippen LogP contribution in [0.5, 0.6) is 0 Å². The molecule has 2 N–H and O–H groups in total. The molecule has 3 heteroatoms. The van der Waals surface area contributed by atoms with Crippen molar-refractivity contribution in [2.24, 2.45) is 5.73 Å². The highest BCUT2D eigenvalue weighted by molar-refractivity contribution is 6.05. The number of nitrogens with zero attached hydrogens (tertiary/aromatic N) is 1. The highest BCUT2D eigenvalue weighted by Gasteiger charge is 2.46.